The van der Waals surface area contributed by atoms with Crippen LogP contribution < -0.4 is 10.5 Å². The van der Waals surface area contributed by atoms with E-state index in [1.54, 1.807) is 6.33 Å². The molecule has 1 atom stereocenters. The Balaban J connectivity index is 2.22. The van der Waals surface area contributed by atoms with Gasteiger partial charge in [0.2, 0.25) is 0 Å². The fourth-order valence-electron chi connectivity index (χ4n) is 1.82. The van der Waals surface area contributed by atoms with Crippen LogP contribution in [0.4, 0.5) is 0 Å². The van der Waals surface area contributed by atoms with E-state index < -0.39 is 0 Å². The van der Waals surface area contributed by atoms with Crippen LogP contribution in [-0.2, 0) is 7.05 Å². The van der Waals surface area contributed by atoms with E-state index >= 15 is 0 Å². The lowest BCUT2D eigenvalue weighted by Crippen LogP contribution is -2.13. The summed E-state index contributed by atoms with van der Waals surface area (Å²) in [5, 5.41) is 0. The predicted octanol–water partition coefficient (Wildman–Crippen LogP) is 2.26. The molecule has 0 saturated carbocycles. The normalized spacial score (nSPS) is 12.7. The van der Waals surface area contributed by atoms with Crippen LogP contribution in [0.15, 0.2) is 36.8 Å². The number of benzene rings is 1. The molecule has 4 heteroatoms. The van der Waals surface area contributed by atoms with Crippen molar-refractivity contribution in [3.63, 3.8) is 0 Å². The van der Waals surface area contributed by atoms with Crippen LogP contribution in [0.3, 0.4) is 0 Å². The Morgan fingerprint density at radius 3 is 2.72 bits per heavy atom. The second-order valence-corrected chi connectivity index (χ2v) is 4.68. The summed E-state index contributed by atoms with van der Waals surface area (Å²) in [6.07, 6.45) is 3.84. The molecule has 0 saturated heterocycles. The molecule has 18 heavy (non-hydrogen) atoms. The van der Waals surface area contributed by atoms with Gasteiger partial charge in [-0.25, -0.2) is 4.98 Å². The minimum Gasteiger partial charge on any atom is -0.491 e. The molecule has 2 N–H and O–H groups in total. The van der Waals surface area contributed by atoms with Gasteiger partial charge < -0.3 is 15.0 Å². The fraction of sp³-hybridized carbons (Fsp3) is 0.357. The van der Waals surface area contributed by atoms with Crippen LogP contribution >= 0.6 is 0 Å². The molecule has 1 unspecified atom stereocenters. The molecule has 2 aromatic rings. The molecule has 0 aliphatic rings. The van der Waals surface area contributed by atoms with Crippen LogP contribution in [0.25, 0.3) is 0 Å². The Morgan fingerprint density at radius 2 is 2.11 bits per heavy atom. The first-order valence-corrected chi connectivity index (χ1v) is 6.06. The summed E-state index contributed by atoms with van der Waals surface area (Å²) in [7, 11) is 1.93. The highest BCUT2D eigenvalue weighted by molar-refractivity contribution is 5.34. The number of hydrogen-bond donors (Lipinski definition) is 1. The van der Waals surface area contributed by atoms with Crippen molar-refractivity contribution in [1.82, 2.24) is 9.55 Å². The van der Waals surface area contributed by atoms with E-state index in [1.807, 2.05) is 55.9 Å². The third kappa shape index (κ3) is 2.90. The number of nitrogens with zero attached hydrogens (tertiary/aromatic N) is 2. The van der Waals surface area contributed by atoms with E-state index in [0.717, 1.165) is 17.0 Å². The molecular weight excluding hydrogens is 226 g/mol. The second-order valence-electron chi connectivity index (χ2n) is 4.68. The molecule has 0 amide bonds. The SMILES string of the molecule is CC(C)Oc1cccc(C(N)c2cn(C)cn2)c1. The standard InChI is InChI=1S/C14H19N3O/c1-10(2)18-12-6-4-5-11(7-12)14(15)13-8-17(3)9-16-13/h4-10,14H,15H2,1-3H3. The van der Waals surface area contributed by atoms with Gasteiger partial charge in [-0.15, -0.1) is 0 Å². The maximum atomic E-state index is 6.20. The zero-order valence-corrected chi connectivity index (χ0v) is 11.0. The van der Waals surface area contributed by atoms with Gasteiger partial charge in [0, 0.05) is 13.2 Å². The molecule has 96 valence electrons. The molecule has 0 spiro atoms. The van der Waals surface area contributed by atoms with Crippen molar-refractivity contribution in [2.75, 3.05) is 0 Å². The number of nitrogens with two attached hydrogens (primary N) is 1. The second kappa shape index (κ2) is 5.23. The fourth-order valence-corrected chi connectivity index (χ4v) is 1.82. The lowest BCUT2D eigenvalue weighted by Gasteiger charge is -2.13. The summed E-state index contributed by atoms with van der Waals surface area (Å²) in [4.78, 5) is 4.28. The van der Waals surface area contributed by atoms with E-state index in [1.165, 1.54) is 0 Å². The third-order valence-electron chi connectivity index (χ3n) is 2.63. The minimum absolute atomic E-state index is 0.159. The quantitative estimate of drug-likeness (QED) is 0.899. The highest BCUT2D eigenvalue weighted by Gasteiger charge is 2.12. The molecular formula is C14H19N3O. The van der Waals surface area contributed by atoms with Crippen LogP contribution in [0, 0.1) is 0 Å². The van der Waals surface area contributed by atoms with Gasteiger partial charge in [0.1, 0.15) is 5.75 Å². The Kier molecular flexibility index (Phi) is 3.67. The van der Waals surface area contributed by atoms with Crippen molar-refractivity contribution in [2.45, 2.75) is 26.0 Å². The smallest absolute Gasteiger partial charge is 0.120 e. The van der Waals surface area contributed by atoms with E-state index in [9.17, 15) is 0 Å². The third-order valence-corrected chi connectivity index (χ3v) is 2.63. The summed E-state index contributed by atoms with van der Waals surface area (Å²) < 4.78 is 7.56. The van der Waals surface area contributed by atoms with Gasteiger partial charge in [-0.2, -0.15) is 0 Å². The Bertz CT molecular complexity index is 519. The zero-order valence-electron chi connectivity index (χ0n) is 11.0. The van der Waals surface area contributed by atoms with Gasteiger partial charge >= 0.3 is 0 Å². The molecule has 0 bridgehead atoms. The van der Waals surface area contributed by atoms with Crippen LogP contribution in [0.5, 0.6) is 5.75 Å². The highest BCUT2D eigenvalue weighted by Crippen LogP contribution is 2.22. The van der Waals surface area contributed by atoms with Crippen molar-refractivity contribution in [3.8, 4) is 5.75 Å². The van der Waals surface area contributed by atoms with Gasteiger partial charge in [-0.1, -0.05) is 12.1 Å². The van der Waals surface area contributed by atoms with E-state index in [-0.39, 0.29) is 12.1 Å². The van der Waals surface area contributed by atoms with Gasteiger partial charge in [0.15, 0.2) is 0 Å². The molecule has 1 aromatic carbocycles. The largest absolute Gasteiger partial charge is 0.491 e. The van der Waals surface area contributed by atoms with Crippen LogP contribution in [0.1, 0.15) is 31.1 Å². The maximum absolute atomic E-state index is 6.20. The van der Waals surface area contributed by atoms with Crippen molar-refractivity contribution >= 4 is 0 Å². The van der Waals surface area contributed by atoms with Gasteiger partial charge in [0.05, 0.1) is 24.2 Å². The Labute approximate surface area is 107 Å². The molecule has 0 aliphatic heterocycles. The summed E-state index contributed by atoms with van der Waals surface area (Å²) in [6, 6.07) is 7.64. The van der Waals surface area contributed by atoms with Crippen LogP contribution in [0.2, 0.25) is 0 Å². The van der Waals surface area contributed by atoms with Crippen molar-refractivity contribution in [2.24, 2.45) is 12.8 Å². The topological polar surface area (TPSA) is 53.1 Å². The molecule has 4 nitrogen and oxygen atoms in total. The number of aryl methyl sites for hydroxylation is 1. The molecule has 2 rings (SSSR count). The summed E-state index contributed by atoms with van der Waals surface area (Å²) in [5.41, 5.74) is 8.06. The molecule has 1 heterocycles. The maximum Gasteiger partial charge on any atom is 0.120 e. The first-order valence-electron chi connectivity index (χ1n) is 6.06. The monoisotopic (exact) mass is 245 g/mol. The zero-order chi connectivity index (χ0) is 13.1. The summed E-state index contributed by atoms with van der Waals surface area (Å²) in [5.74, 6) is 0.842. The minimum atomic E-state index is -0.220. The number of imidazole rings is 1. The molecule has 0 radical (unpaired) electrons. The number of rotatable bonds is 4. The Hall–Kier alpha value is -1.81. The van der Waals surface area contributed by atoms with Crippen molar-refractivity contribution in [3.05, 3.63) is 48.0 Å². The van der Waals surface area contributed by atoms with E-state index in [4.69, 9.17) is 10.5 Å². The average Bonchev–Trinajstić information content (AvgIpc) is 2.74. The van der Waals surface area contributed by atoms with E-state index in [2.05, 4.69) is 4.98 Å². The van der Waals surface area contributed by atoms with Crippen molar-refractivity contribution < 1.29 is 4.74 Å². The van der Waals surface area contributed by atoms with Gasteiger partial charge in [-0.3, -0.25) is 0 Å². The summed E-state index contributed by atoms with van der Waals surface area (Å²) >= 11 is 0. The lowest BCUT2D eigenvalue weighted by molar-refractivity contribution is 0.242. The number of aromatic nitrogens is 2. The molecule has 1 aromatic heterocycles. The van der Waals surface area contributed by atoms with Crippen LogP contribution in [-0.4, -0.2) is 15.7 Å². The molecule has 0 aliphatic carbocycles. The average molecular weight is 245 g/mol. The Morgan fingerprint density at radius 1 is 1.33 bits per heavy atom. The van der Waals surface area contributed by atoms with E-state index in [0.29, 0.717) is 0 Å². The predicted molar refractivity (Wildman–Crippen MR) is 71.4 cm³/mol. The molecule has 0 fully saturated rings. The lowest BCUT2D eigenvalue weighted by atomic mass is 10.1. The highest BCUT2D eigenvalue weighted by atomic mass is 16.5. The number of ether oxygens (including phenoxy) is 1. The number of hydrogen-bond acceptors (Lipinski definition) is 3. The summed E-state index contributed by atoms with van der Waals surface area (Å²) in [6.45, 7) is 4.01. The van der Waals surface area contributed by atoms with Gasteiger partial charge in [-0.05, 0) is 31.5 Å². The first-order chi connectivity index (χ1) is 8.56. The van der Waals surface area contributed by atoms with Gasteiger partial charge in [0.25, 0.3) is 0 Å². The first kappa shape index (κ1) is 12.6. The van der Waals surface area contributed by atoms with Crippen molar-refractivity contribution in [1.29, 1.82) is 0 Å².